The molecule has 1 atom stereocenters. The molecule has 5 nitrogen and oxygen atoms in total. The van der Waals surface area contributed by atoms with Gasteiger partial charge in [0.1, 0.15) is 0 Å². The van der Waals surface area contributed by atoms with Crippen molar-refractivity contribution in [3.8, 4) is 0 Å². The number of fused-ring (bicyclic) bond motifs is 1. The number of aromatic carboxylic acids is 1. The summed E-state index contributed by atoms with van der Waals surface area (Å²) in [6, 6.07) is 15.3. The Morgan fingerprint density at radius 3 is 2.58 bits per heavy atom. The standard InChI is InChI=1S/C21H21N3O2/c1-14-20(23-19-9-5-4-8-18(19)22-14)13-24-11-10-15(12-24)16-6-2-3-7-17(16)21(25)26/h2-9,15H,10-13H2,1H3,(H,25,26)/t15-/m0/s1. The third-order valence-electron chi connectivity index (χ3n) is 5.12. The van der Waals surface area contributed by atoms with Gasteiger partial charge in [-0.1, -0.05) is 30.3 Å². The molecule has 1 aromatic heterocycles. The van der Waals surface area contributed by atoms with E-state index in [2.05, 4.69) is 9.88 Å². The van der Waals surface area contributed by atoms with E-state index in [1.807, 2.05) is 43.3 Å². The molecule has 0 bridgehead atoms. The fourth-order valence-electron chi connectivity index (χ4n) is 3.76. The van der Waals surface area contributed by atoms with Gasteiger partial charge in [-0.15, -0.1) is 0 Å². The molecule has 0 spiro atoms. The molecular weight excluding hydrogens is 326 g/mol. The minimum Gasteiger partial charge on any atom is -0.478 e. The number of rotatable bonds is 4. The van der Waals surface area contributed by atoms with E-state index >= 15 is 0 Å². The van der Waals surface area contributed by atoms with Gasteiger partial charge in [0, 0.05) is 13.1 Å². The average Bonchev–Trinajstić information content (AvgIpc) is 3.11. The molecular formula is C21H21N3O2. The van der Waals surface area contributed by atoms with Crippen LogP contribution in [0.3, 0.4) is 0 Å². The molecule has 132 valence electrons. The fourth-order valence-corrected chi connectivity index (χ4v) is 3.76. The van der Waals surface area contributed by atoms with Crippen molar-refractivity contribution >= 4 is 17.0 Å². The average molecular weight is 347 g/mol. The van der Waals surface area contributed by atoms with Gasteiger partial charge in [-0.05, 0) is 49.6 Å². The molecule has 3 aromatic rings. The van der Waals surface area contributed by atoms with Gasteiger partial charge in [0.05, 0.1) is 28.0 Å². The number of benzene rings is 2. The number of aryl methyl sites for hydroxylation is 1. The summed E-state index contributed by atoms with van der Waals surface area (Å²) < 4.78 is 0. The van der Waals surface area contributed by atoms with Crippen LogP contribution in [0.15, 0.2) is 48.5 Å². The second kappa shape index (κ2) is 6.84. The summed E-state index contributed by atoms with van der Waals surface area (Å²) in [5.74, 6) is -0.605. The smallest absolute Gasteiger partial charge is 0.335 e. The molecule has 1 fully saturated rings. The van der Waals surface area contributed by atoms with Crippen LogP contribution in [0, 0.1) is 6.92 Å². The van der Waals surface area contributed by atoms with E-state index in [0.717, 1.165) is 54.0 Å². The lowest BCUT2D eigenvalue weighted by Crippen LogP contribution is -2.22. The Labute approximate surface area is 152 Å². The normalized spacial score (nSPS) is 17.7. The van der Waals surface area contributed by atoms with Crippen molar-refractivity contribution < 1.29 is 9.90 Å². The summed E-state index contributed by atoms with van der Waals surface area (Å²) in [6.45, 7) is 4.53. The first kappa shape index (κ1) is 16.7. The lowest BCUT2D eigenvalue weighted by Gasteiger charge is -2.18. The lowest BCUT2D eigenvalue weighted by atomic mass is 9.93. The summed E-state index contributed by atoms with van der Waals surface area (Å²) in [7, 11) is 0. The van der Waals surface area contributed by atoms with Gasteiger partial charge < -0.3 is 5.11 Å². The molecule has 26 heavy (non-hydrogen) atoms. The summed E-state index contributed by atoms with van der Waals surface area (Å²) in [5, 5.41) is 9.43. The molecule has 0 aliphatic carbocycles. The van der Waals surface area contributed by atoms with Crippen LogP contribution < -0.4 is 0 Å². The summed E-state index contributed by atoms with van der Waals surface area (Å²) in [6.07, 6.45) is 0.963. The SMILES string of the molecule is Cc1nc2ccccc2nc1CN1CC[C@H](c2ccccc2C(=O)O)C1. The molecule has 2 aromatic carbocycles. The highest BCUT2D eigenvalue weighted by molar-refractivity contribution is 5.89. The minimum atomic E-state index is -0.852. The number of para-hydroxylation sites is 2. The van der Waals surface area contributed by atoms with E-state index < -0.39 is 5.97 Å². The maximum Gasteiger partial charge on any atom is 0.335 e. The lowest BCUT2D eigenvalue weighted by molar-refractivity contribution is 0.0695. The Hall–Kier alpha value is -2.79. The van der Waals surface area contributed by atoms with Crippen molar-refractivity contribution in [3.63, 3.8) is 0 Å². The quantitative estimate of drug-likeness (QED) is 0.781. The third-order valence-corrected chi connectivity index (χ3v) is 5.12. The van der Waals surface area contributed by atoms with E-state index in [1.54, 1.807) is 12.1 Å². The van der Waals surface area contributed by atoms with Gasteiger partial charge in [-0.25, -0.2) is 14.8 Å². The molecule has 0 amide bonds. The van der Waals surface area contributed by atoms with E-state index in [0.29, 0.717) is 5.56 Å². The molecule has 1 N–H and O–H groups in total. The Bertz CT molecular complexity index is 970. The van der Waals surface area contributed by atoms with Crippen molar-refractivity contribution in [2.45, 2.75) is 25.8 Å². The number of carboxylic acids is 1. The van der Waals surface area contributed by atoms with Crippen molar-refractivity contribution in [3.05, 3.63) is 71.0 Å². The first-order valence-electron chi connectivity index (χ1n) is 8.88. The third kappa shape index (κ3) is 3.18. The highest BCUT2D eigenvalue weighted by Crippen LogP contribution is 2.30. The van der Waals surface area contributed by atoms with Crippen LogP contribution >= 0.6 is 0 Å². The first-order chi connectivity index (χ1) is 12.6. The second-order valence-electron chi connectivity index (χ2n) is 6.86. The van der Waals surface area contributed by atoms with Gasteiger partial charge in [0.2, 0.25) is 0 Å². The molecule has 5 heteroatoms. The topological polar surface area (TPSA) is 66.3 Å². The number of likely N-dealkylation sites (tertiary alicyclic amines) is 1. The molecule has 1 aliphatic rings. The van der Waals surface area contributed by atoms with Crippen LogP contribution in [0.4, 0.5) is 0 Å². The number of hydrogen-bond acceptors (Lipinski definition) is 4. The van der Waals surface area contributed by atoms with Crippen LogP contribution in [0.25, 0.3) is 11.0 Å². The van der Waals surface area contributed by atoms with Gasteiger partial charge in [-0.3, -0.25) is 4.90 Å². The van der Waals surface area contributed by atoms with E-state index in [4.69, 9.17) is 4.98 Å². The second-order valence-corrected chi connectivity index (χ2v) is 6.86. The molecule has 4 rings (SSSR count). The zero-order valence-electron chi connectivity index (χ0n) is 14.7. The zero-order valence-corrected chi connectivity index (χ0v) is 14.7. The molecule has 0 radical (unpaired) electrons. The monoisotopic (exact) mass is 347 g/mol. The number of hydrogen-bond donors (Lipinski definition) is 1. The Kier molecular flexibility index (Phi) is 4.39. The number of carbonyl (C=O) groups is 1. The highest BCUT2D eigenvalue weighted by atomic mass is 16.4. The predicted molar refractivity (Wildman–Crippen MR) is 100 cm³/mol. The largest absolute Gasteiger partial charge is 0.478 e. The van der Waals surface area contributed by atoms with Crippen molar-refractivity contribution in [1.82, 2.24) is 14.9 Å². The van der Waals surface area contributed by atoms with Gasteiger partial charge >= 0.3 is 5.97 Å². The van der Waals surface area contributed by atoms with E-state index in [-0.39, 0.29) is 5.92 Å². The molecule has 1 aliphatic heterocycles. The molecule has 1 saturated heterocycles. The first-order valence-corrected chi connectivity index (χ1v) is 8.88. The van der Waals surface area contributed by atoms with Crippen LogP contribution in [-0.2, 0) is 6.54 Å². The van der Waals surface area contributed by atoms with Crippen LogP contribution in [0.5, 0.6) is 0 Å². The fraction of sp³-hybridized carbons (Fsp3) is 0.286. The zero-order chi connectivity index (χ0) is 18.1. The Morgan fingerprint density at radius 1 is 1.12 bits per heavy atom. The van der Waals surface area contributed by atoms with Crippen molar-refractivity contribution in [2.75, 3.05) is 13.1 Å². The van der Waals surface area contributed by atoms with Gasteiger partial charge in [0.25, 0.3) is 0 Å². The molecule has 0 saturated carbocycles. The highest BCUT2D eigenvalue weighted by Gasteiger charge is 2.27. The predicted octanol–water partition coefficient (Wildman–Crippen LogP) is 3.63. The Balaban J connectivity index is 1.53. The molecule has 0 unspecified atom stereocenters. The summed E-state index contributed by atoms with van der Waals surface area (Å²) in [5.41, 5.74) is 5.14. The summed E-state index contributed by atoms with van der Waals surface area (Å²) >= 11 is 0. The van der Waals surface area contributed by atoms with E-state index in [1.165, 1.54) is 0 Å². The van der Waals surface area contributed by atoms with Crippen molar-refractivity contribution in [1.29, 1.82) is 0 Å². The number of carboxylic acid groups (broad SMARTS) is 1. The summed E-state index contributed by atoms with van der Waals surface area (Å²) in [4.78, 5) is 23.3. The van der Waals surface area contributed by atoms with Crippen LogP contribution in [0.1, 0.15) is 39.6 Å². The van der Waals surface area contributed by atoms with Crippen molar-refractivity contribution in [2.24, 2.45) is 0 Å². The van der Waals surface area contributed by atoms with E-state index in [9.17, 15) is 9.90 Å². The maximum atomic E-state index is 11.5. The van der Waals surface area contributed by atoms with Crippen LogP contribution in [-0.4, -0.2) is 39.0 Å². The number of nitrogens with zero attached hydrogens (tertiary/aromatic N) is 3. The minimum absolute atomic E-state index is 0.246. The number of aromatic nitrogens is 2. The molecule has 2 heterocycles. The maximum absolute atomic E-state index is 11.5. The van der Waals surface area contributed by atoms with Crippen LogP contribution in [0.2, 0.25) is 0 Å². The van der Waals surface area contributed by atoms with Gasteiger partial charge in [-0.2, -0.15) is 0 Å². The van der Waals surface area contributed by atoms with Gasteiger partial charge in [0.15, 0.2) is 0 Å². The Morgan fingerprint density at radius 2 is 1.81 bits per heavy atom.